The van der Waals surface area contributed by atoms with Crippen LogP contribution in [0.5, 0.6) is 5.88 Å². The molecule has 0 amide bonds. The Bertz CT molecular complexity index is 1230. The highest BCUT2D eigenvalue weighted by atomic mass is 16.3. The van der Waals surface area contributed by atoms with Crippen LogP contribution in [0.2, 0.25) is 0 Å². The monoisotopic (exact) mass is 358 g/mol. The van der Waals surface area contributed by atoms with Crippen molar-refractivity contribution >= 4 is 23.5 Å². The minimum atomic E-state index is -0.767. The molecule has 0 saturated heterocycles. The standard InChI is InChI=1S/C21H14N2O4/c24-18-11-10-13-6-4-5-9-15(13)16(18)12-17-19(25)22-21(27)23(20(17)26)14-7-2-1-3-8-14/h1-12,26H,(H,22,25,27). The predicted molar refractivity (Wildman–Crippen MR) is 103 cm³/mol. The van der Waals surface area contributed by atoms with E-state index in [0.717, 1.165) is 10.1 Å². The van der Waals surface area contributed by atoms with Crippen LogP contribution in [-0.4, -0.2) is 20.4 Å². The van der Waals surface area contributed by atoms with Crippen LogP contribution < -0.4 is 11.2 Å². The van der Waals surface area contributed by atoms with E-state index >= 15 is 0 Å². The number of benzene rings is 2. The van der Waals surface area contributed by atoms with Gasteiger partial charge in [-0.2, -0.15) is 0 Å². The van der Waals surface area contributed by atoms with Gasteiger partial charge in [-0.05, 0) is 35.4 Å². The van der Waals surface area contributed by atoms with Crippen molar-refractivity contribution in [3.63, 3.8) is 0 Å². The molecule has 4 rings (SSSR count). The quantitative estimate of drug-likeness (QED) is 0.688. The molecule has 0 bridgehead atoms. The van der Waals surface area contributed by atoms with E-state index < -0.39 is 17.1 Å². The highest BCUT2D eigenvalue weighted by Gasteiger charge is 2.20. The summed E-state index contributed by atoms with van der Waals surface area (Å²) in [6.07, 6.45) is 4.42. The largest absolute Gasteiger partial charge is 0.494 e. The van der Waals surface area contributed by atoms with E-state index in [0.29, 0.717) is 11.3 Å². The van der Waals surface area contributed by atoms with E-state index in [4.69, 9.17) is 0 Å². The Labute approximate surface area is 153 Å². The number of ketones is 1. The second kappa shape index (κ2) is 6.42. The minimum Gasteiger partial charge on any atom is -0.494 e. The van der Waals surface area contributed by atoms with Crippen LogP contribution in [0.3, 0.4) is 0 Å². The molecule has 0 saturated carbocycles. The third kappa shape index (κ3) is 2.83. The summed E-state index contributed by atoms with van der Waals surface area (Å²) in [4.78, 5) is 39.1. The average Bonchev–Trinajstić information content (AvgIpc) is 2.67. The number of carbonyl (C=O) groups excluding carboxylic acids is 1. The number of nitrogens with zero attached hydrogens (tertiary/aromatic N) is 1. The van der Waals surface area contributed by atoms with Gasteiger partial charge in [0, 0.05) is 5.57 Å². The third-order valence-corrected chi connectivity index (χ3v) is 4.35. The average molecular weight is 358 g/mol. The number of rotatable bonds is 2. The second-order valence-corrected chi connectivity index (χ2v) is 6.01. The summed E-state index contributed by atoms with van der Waals surface area (Å²) in [5.74, 6) is -0.813. The first-order valence-corrected chi connectivity index (χ1v) is 8.23. The molecule has 0 fully saturated rings. The lowest BCUT2D eigenvalue weighted by Gasteiger charge is -2.14. The molecular weight excluding hydrogens is 344 g/mol. The smallest absolute Gasteiger partial charge is 0.335 e. The zero-order valence-electron chi connectivity index (χ0n) is 14.0. The fourth-order valence-corrected chi connectivity index (χ4v) is 3.05. The first-order valence-electron chi connectivity index (χ1n) is 8.23. The SMILES string of the molecule is O=C1C=Cc2ccccc2C1=Cc1c(O)n(-c2ccccc2)c(=O)[nH]c1=O. The Morgan fingerprint density at radius 1 is 0.889 bits per heavy atom. The zero-order valence-corrected chi connectivity index (χ0v) is 14.0. The summed E-state index contributed by atoms with van der Waals surface area (Å²) in [7, 11) is 0. The van der Waals surface area contributed by atoms with Crippen LogP contribution in [0.25, 0.3) is 23.4 Å². The van der Waals surface area contributed by atoms with E-state index in [1.807, 2.05) is 12.1 Å². The number of nitrogens with one attached hydrogen (secondary N) is 1. The number of carbonyl (C=O) groups is 1. The van der Waals surface area contributed by atoms with Crippen molar-refractivity contribution in [2.24, 2.45) is 0 Å². The lowest BCUT2D eigenvalue weighted by molar-refractivity contribution is -0.109. The van der Waals surface area contributed by atoms with Crippen LogP contribution in [0.4, 0.5) is 0 Å². The van der Waals surface area contributed by atoms with Crippen molar-refractivity contribution in [3.8, 4) is 11.6 Å². The third-order valence-electron chi connectivity index (χ3n) is 4.35. The van der Waals surface area contributed by atoms with Gasteiger partial charge in [0.1, 0.15) is 5.56 Å². The fraction of sp³-hybridized carbons (Fsp3) is 0. The van der Waals surface area contributed by atoms with Crippen molar-refractivity contribution in [1.29, 1.82) is 0 Å². The highest BCUT2D eigenvalue weighted by Crippen LogP contribution is 2.29. The van der Waals surface area contributed by atoms with Gasteiger partial charge in [-0.1, -0.05) is 48.5 Å². The van der Waals surface area contributed by atoms with Crippen molar-refractivity contribution in [2.45, 2.75) is 0 Å². The Hall–Kier alpha value is -3.93. The number of fused-ring (bicyclic) bond motifs is 1. The summed E-state index contributed by atoms with van der Waals surface area (Å²) >= 11 is 0. The molecule has 132 valence electrons. The molecule has 0 unspecified atom stereocenters. The van der Waals surface area contributed by atoms with Crippen LogP contribution in [0.1, 0.15) is 16.7 Å². The van der Waals surface area contributed by atoms with Gasteiger partial charge in [-0.25, -0.2) is 9.36 Å². The van der Waals surface area contributed by atoms with Gasteiger partial charge in [-0.3, -0.25) is 14.6 Å². The van der Waals surface area contributed by atoms with Crippen molar-refractivity contribution < 1.29 is 9.90 Å². The molecule has 2 aromatic carbocycles. The summed E-state index contributed by atoms with van der Waals surface area (Å²) in [6.45, 7) is 0. The molecule has 0 spiro atoms. The maximum Gasteiger partial charge on any atom is 0.335 e. The molecule has 0 aliphatic heterocycles. The maximum absolute atomic E-state index is 12.4. The molecular formula is C21H14N2O4. The summed E-state index contributed by atoms with van der Waals surface area (Å²) in [5.41, 5.74) is 0.459. The zero-order chi connectivity index (χ0) is 19.0. The number of allylic oxidation sites excluding steroid dienone is 2. The van der Waals surface area contributed by atoms with Crippen LogP contribution in [0.15, 0.2) is 70.3 Å². The lowest BCUT2D eigenvalue weighted by atomic mass is 9.90. The number of aromatic hydroxyl groups is 1. The molecule has 6 nitrogen and oxygen atoms in total. The van der Waals surface area contributed by atoms with Crippen molar-refractivity contribution in [3.05, 3.63) is 98.2 Å². The first-order chi connectivity index (χ1) is 13.1. The number of H-pyrrole nitrogens is 1. The summed E-state index contributed by atoms with van der Waals surface area (Å²) in [5, 5.41) is 10.6. The number of para-hydroxylation sites is 1. The first kappa shape index (κ1) is 16.5. The van der Waals surface area contributed by atoms with E-state index in [9.17, 15) is 19.5 Å². The Morgan fingerprint density at radius 2 is 1.59 bits per heavy atom. The number of hydrogen-bond acceptors (Lipinski definition) is 4. The van der Waals surface area contributed by atoms with Crippen LogP contribution >= 0.6 is 0 Å². The van der Waals surface area contributed by atoms with Gasteiger partial charge >= 0.3 is 5.69 Å². The molecule has 1 aliphatic rings. The topological polar surface area (TPSA) is 92.2 Å². The van der Waals surface area contributed by atoms with Gasteiger partial charge in [0.2, 0.25) is 5.88 Å². The molecule has 6 heteroatoms. The van der Waals surface area contributed by atoms with E-state index in [1.54, 1.807) is 48.5 Å². The molecule has 1 aliphatic carbocycles. The van der Waals surface area contributed by atoms with Gasteiger partial charge < -0.3 is 5.11 Å². The van der Waals surface area contributed by atoms with Crippen molar-refractivity contribution in [2.75, 3.05) is 0 Å². The Kier molecular flexibility index (Phi) is 3.93. The molecule has 0 atom stereocenters. The van der Waals surface area contributed by atoms with E-state index in [2.05, 4.69) is 4.98 Å². The minimum absolute atomic E-state index is 0.160. The molecule has 27 heavy (non-hydrogen) atoms. The number of aromatic amines is 1. The number of aromatic nitrogens is 2. The van der Waals surface area contributed by atoms with Crippen LogP contribution in [-0.2, 0) is 4.79 Å². The van der Waals surface area contributed by atoms with E-state index in [1.165, 1.54) is 12.2 Å². The highest BCUT2D eigenvalue weighted by molar-refractivity contribution is 6.33. The van der Waals surface area contributed by atoms with Gasteiger partial charge in [0.25, 0.3) is 5.56 Å². The Morgan fingerprint density at radius 3 is 2.37 bits per heavy atom. The molecule has 2 N–H and O–H groups in total. The second-order valence-electron chi connectivity index (χ2n) is 6.01. The van der Waals surface area contributed by atoms with Crippen molar-refractivity contribution in [1.82, 2.24) is 9.55 Å². The summed E-state index contributed by atoms with van der Waals surface area (Å²) < 4.78 is 0.989. The van der Waals surface area contributed by atoms with E-state index in [-0.39, 0.29) is 16.9 Å². The van der Waals surface area contributed by atoms with Gasteiger partial charge in [0.15, 0.2) is 5.78 Å². The van der Waals surface area contributed by atoms with Gasteiger partial charge in [0.05, 0.1) is 5.69 Å². The predicted octanol–water partition coefficient (Wildman–Crippen LogP) is 2.37. The summed E-state index contributed by atoms with van der Waals surface area (Å²) in [6, 6.07) is 15.7. The Balaban J connectivity index is 1.97. The normalized spacial score (nSPS) is 14.4. The number of hydrogen-bond donors (Lipinski definition) is 2. The lowest BCUT2D eigenvalue weighted by Crippen LogP contribution is -2.30. The maximum atomic E-state index is 12.4. The fourth-order valence-electron chi connectivity index (χ4n) is 3.05. The molecule has 0 radical (unpaired) electrons. The van der Waals surface area contributed by atoms with Gasteiger partial charge in [-0.15, -0.1) is 0 Å². The molecule has 1 aromatic heterocycles. The molecule has 3 aromatic rings. The van der Waals surface area contributed by atoms with Crippen LogP contribution in [0, 0.1) is 0 Å². The molecule has 1 heterocycles.